The predicted octanol–water partition coefficient (Wildman–Crippen LogP) is 3.17. The number of nitrogens with zero attached hydrogens (tertiary/aromatic N) is 1. The van der Waals surface area contributed by atoms with Crippen LogP contribution in [0.3, 0.4) is 0 Å². The summed E-state index contributed by atoms with van der Waals surface area (Å²) in [6, 6.07) is 16.8. The Hall–Kier alpha value is -2.82. The summed E-state index contributed by atoms with van der Waals surface area (Å²) in [7, 11) is 1.46. The molecule has 102 valence electrons. The summed E-state index contributed by atoms with van der Waals surface area (Å²) in [5.74, 6) is 1.43. The van der Waals surface area contributed by atoms with Gasteiger partial charge in [-0.3, -0.25) is 4.84 Å². The van der Waals surface area contributed by atoms with Crippen LogP contribution in [0.4, 0.5) is 4.79 Å². The highest BCUT2D eigenvalue weighted by Gasteiger charge is 1.98. The Labute approximate surface area is 116 Å². The first kappa shape index (κ1) is 13.6. The minimum absolute atomic E-state index is 0.613. The molecule has 5 nitrogen and oxygen atoms in total. The van der Waals surface area contributed by atoms with Gasteiger partial charge < -0.3 is 10.1 Å². The maximum Gasteiger partial charge on any atom is 0.433 e. The molecule has 0 heterocycles. The monoisotopic (exact) mass is 270 g/mol. The Kier molecular flexibility index (Phi) is 4.72. The summed E-state index contributed by atoms with van der Waals surface area (Å²) in [5.41, 5.74) is 0.766. The fraction of sp³-hybridized carbons (Fsp3) is 0.0667. The Balaban J connectivity index is 2.03. The van der Waals surface area contributed by atoms with Crippen molar-refractivity contribution >= 4 is 12.3 Å². The van der Waals surface area contributed by atoms with Crippen LogP contribution in [0.1, 0.15) is 5.56 Å². The van der Waals surface area contributed by atoms with Gasteiger partial charge in [0, 0.05) is 7.05 Å². The third kappa shape index (κ3) is 4.13. The van der Waals surface area contributed by atoms with Crippen molar-refractivity contribution in [2.75, 3.05) is 7.05 Å². The summed E-state index contributed by atoms with van der Waals surface area (Å²) in [5, 5.41) is 5.86. The molecule has 0 bridgehead atoms. The number of carbonyl (C=O) groups excluding carboxylic acids is 1. The summed E-state index contributed by atoms with van der Waals surface area (Å²) >= 11 is 0. The van der Waals surface area contributed by atoms with Gasteiger partial charge >= 0.3 is 6.09 Å². The Bertz CT molecular complexity index is 597. The molecule has 0 radical (unpaired) electrons. The lowest BCUT2D eigenvalue weighted by Gasteiger charge is -2.05. The highest BCUT2D eigenvalue weighted by molar-refractivity contribution is 5.80. The van der Waals surface area contributed by atoms with Gasteiger partial charge in [-0.15, -0.1) is 0 Å². The number of oxime groups is 1. The molecule has 0 aromatic heterocycles. The minimum atomic E-state index is -0.613. The van der Waals surface area contributed by atoms with Crippen molar-refractivity contribution in [3.63, 3.8) is 0 Å². The molecule has 0 saturated heterocycles. The van der Waals surface area contributed by atoms with E-state index in [9.17, 15) is 4.79 Å². The van der Waals surface area contributed by atoms with Crippen LogP contribution in [0.15, 0.2) is 59.8 Å². The average molecular weight is 270 g/mol. The van der Waals surface area contributed by atoms with E-state index in [2.05, 4.69) is 15.3 Å². The molecular weight excluding hydrogens is 256 g/mol. The van der Waals surface area contributed by atoms with Crippen molar-refractivity contribution in [2.24, 2.45) is 5.16 Å². The third-order valence-corrected chi connectivity index (χ3v) is 2.38. The Morgan fingerprint density at radius 3 is 2.60 bits per heavy atom. The SMILES string of the molecule is CNC(=O)ON=Cc1cccc(Oc2ccccc2)c1. The number of carbonyl (C=O) groups is 1. The molecule has 2 aromatic rings. The van der Waals surface area contributed by atoms with Crippen molar-refractivity contribution in [1.82, 2.24) is 5.32 Å². The van der Waals surface area contributed by atoms with Gasteiger partial charge in [-0.25, -0.2) is 4.79 Å². The number of amides is 1. The zero-order valence-corrected chi connectivity index (χ0v) is 10.9. The minimum Gasteiger partial charge on any atom is -0.457 e. The van der Waals surface area contributed by atoms with E-state index >= 15 is 0 Å². The highest BCUT2D eigenvalue weighted by atomic mass is 16.7. The van der Waals surface area contributed by atoms with Gasteiger partial charge in [0.15, 0.2) is 0 Å². The second kappa shape index (κ2) is 6.94. The molecule has 1 amide bonds. The molecule has 20 heavy (non-hydrogen) atoms. The number of nitrogens with one attached hydrogen (secondary N) is 1. The zero-order valence-electron chi connectivity index (χ0n) is 10.9. The number of benzene rings is 2. The van der Waals surface area contributed by atoms with Crippen LogP contribution in [0.25, 0.3) is 0 Å². The third-order valence-electron chi connectivity index (χ3n) is 2.38. The molecule has 2 aromatic carbocycles. The summed E-state index contributed by atoms with van der Waals surface area (Å²) < 4.78 is 5.69. The summed E-state index contributed by atoms with van der Waals surface area (Å²) in [6.45, 7) is 0. The quantitative estimate of drug-likeness (QED) is 0.527. The van der Waals surface area contributed by atoms with E-state index in [4.69, 9.17) is 4.74 Å². The second-order valence-electron chi connectivity index (χ2n) is 3.85. The molecule has 5 heteroatoms. The summed E-state index contributed by atoms with van der Waals surface area (Å²) in [4.78, 5) is 15.4. The summed E-state index contributed by atoms with van der Waals surface area (Å²) in [6.07, 6.45) is 0.825. The number of hydrogen-bond acceptors (Lipinski definition) is 4. The lowest BCUT2D eigenvalue weighted by molar-refractivity contribution is 0.154. The molecule has 1 N–H and O–H groups in total. The number of rotatable bonds is 4. The molecule has 0 aliphatic heterocycles. The van der Waals surface area contributed by atoms with Crippen molar-refractivity contribution in [1.29, 1.82) is 0 Å². The fourth-order valence-corrected chi connectivity index (χ4v) is 1.46. The Morgan fingerprint density at radius 1 is 1.10 bits per heavy atom. The van der Waals surface area contributed by atoms with E-state index in [1.165, 1.54) is 13.3 Å². The lowest BCUT2D eigenvalue weighted by Crippen LogP contribution is -2.16. The van der Waals surface area contributed by atoms with Gasteiger partial charge in [0.2, 0.25) is 0 Å². The van der Waals surface area contributed by atoms with Crippen LogP contribution < -0.4 is 10.1 Å². The average Bonchev–Trinajstić information content (AvgIpc) is 2.48. The second-order valence-corrected chi connectivity index (χ2v) is 3.85. The standard InChI is InChI=1S/C15H14N2O3/c1-16-15(18)20-17-11-12-6-5-9-14(10-12)19-13-7-3-2-4-8-13/h2-11H,1H3,(H,16,18). The van der Waals surface area contributed by atoms with Gasteiger partial charge in [0.25, 0.3) is 0 Å². The van der Waals surface area contributed by atoms with Gasteiger partial charge in [0.1, 0.15) is 11.5 Å². The van der Waals surface area contributed by atoms with Crippen LogP contribution in [0, 0.1) is 0 Å². The van der Waals surface area contributed by atoms with Gasteiger partial charge in [0.05, 0.1) is 6.21 Å². The maximum absolute atomic E-state index is 10.8. The van der Waals surface area contributed by atoms with Crippen LogP contribution in [0.5, 0.6) is 11.5 Å². The van der Waals surface area contributed by atoms with Crippen molar-refractivity contribution in [2.45, 2.75) is 0 Å². The number of hydrogen-bond donors (Lipinski definition) is 1. The van der Waals surface area contributed by atoms with Crippen LogP contribution in [0.2, 0.25) is 0 Å². The Morgan fingerprint density at radius 2 is 1.85 bits per heavy atom. The molecular formula is C15H14N2O3. The zero-order chi connectivity index (χ0) is 14.2. The van der Waals surface area contributed by atoms with E-state index < -0.39 is 6.09 Å². The first-order chi connectivity index (χ1) is 9.78. The van der Waals surface area contributed by atoms with Gasteiger partial charge in [-0.2, -0.15) is 0 Å². The van der Waals surface area contributed by atoms with Crippen molar-refractivity contribution < 1.29 is 14.4 Å². The molecule has 0 unspecified atom stereocenters. The van der Waals surface area contributed by atoms with Crippen molar-refractivity contribution in [3.8, 4) is 11.5 Å². The number of ether oxygens (including phenoxy) is 1. The van der Waals surface area contributed by atoms with Crippen molar-refractivity contribution in [3.05, 3.63) is 60.2 Å². The topological polar surface area (TPSA) is 59.9 Å². The lowest BCUT2D eigenvalue weighted by atomic mass is 10.2. The first-order valence-electron chi connectivity index (χ1n) is 6.03. The first-order valence-corrected chi connectivity index (χ1v) is 6.03. The highest BCUT2D eigenvalue weighted by Crippen LogP contribution is 2.21. The van der Waals surface area contributed by atoms with E-state index in [1.807, 2.05) is 48.5 Å². The van der Waals surface area contributed by atoms with E-state index in [0.717, 1.165) is 11.3 Å². The maximum atomic E-state index is 10.8. The van der Waals surface area contributed by atoms with Gasteiger partial charge in [-0.05, 0) is 29.8 Å². The van der Waals surface area contributed by atoms with Crippen LogP contribution in [-0.4, -0.2) is 19.4 Å². The van der Waals surface area contributed by atoms with Crippen LogP contribution >= 0.6 is 0 Å². The van der Waals surface area contributed by atoms with E-state index in [0.29, 0.717) is 5.75 Å². The van der Waals surface area contributed by atoms with E-state index in [1.54, 1.807) is 6.07 Å². The molecule has 0 aliphatic rings. The van der Waals surface area contributed by atoms with Gasteiger partial charge in [-0.1, -0.05) is 35.5 Å². The van der Waals surface area contributed by atoms with E-state index in [-0.39, 0.29) is 0 Å². The largest absolute Gasteiger partial charge is 0.457 e. The molecule has 2 rings (SSSR count). The van der Waals surface area contributed by atoms with Crippen LogP contribution in [-0.2, 0) is 4.84 Å². The normalized spacial score (nSPS) is 10.2. The molecule has 0 saturated carbocycles. The smallest absolute Gasteiger partial charge is 0.433 e. The molecule has 0 atom stereocenters. The predicted molar refractivity (Wildman–Crippen MR) is 76.1 cm³/mol. The fourth-order valence-electron chi connectivity index (χ4n) is 1.46. The molecule has 0 aliphatic carbocycles. The molecule has 0 spiro atoms. The molecule has 0 fully saturated rings. The number of para-hydroxylation sites is 1.